The lowest BCUT2D eigenvalue weighted by molar-refractivity contribution is -0.149. The SMILES string of the molecule is O=C1C(=O)N(Cc2ccccc2)C(O)(c2ccccc2)C1=C(O)c1ccccc1. The maximum absolute atomic E-state index is 12.9. The molecule has 0 radical (unpaired) electrons. The van der Waals surface area contributed by atoms with E-state index in [9.17, 15) is 19.8 Å². The third kappa shape index (κ3) is 3.11. The number of nitrogens with zero attached hydrogens (tertiary/aromatic N) is 1. The summed E-state index contributed by atoms with van der Waals surface area (Å²) in [4.78, 5) is 27.0. The van der Waals surface area contributed by atoms with Crippen LogP contribution in [0.2, 0.25) is 0 Å². The number of carbonyl (C=O) groups is 2. The van der Waals surface area contributed by atoms with Gasteiger partial charge in [-0.25, -0.2) is 0 Å². The van der Waals surface area contributed by atoms with Crippen molar-refractivity contribution in [2.45, 2.75) is 12.3 Å². The first-order valence-corrected chi connectivity index (χ1v) is 9.20. The Labute approximate surface area is 168 Å². The molecule has 1 saturated heterocycles. The summed E-state index contributed by atoms with van der Waals surface area (Å²) in [6.07, 6.45) is 0. The molecule has 0 spiro atoms. The topological polar surface area (TPSA) is 77.8 Å². The van der Waals surface area contributed by atoms with Gasteiger partial charge in [-0.15, -0.1) is 0 Å². The van der Waals surface area contributed by atoms with Crippen molar-refractivity contribution < 1.29 is 19.8 Å². The summed E-state index contributed by atoms with van der Waals surface area (Å²) in [5, 5.41) is 22.7. The average molecular weight is 385 g/mol. The number of likely N-dealkylation sites (tertiary alicyclic amines) is 1. The number of amides is 1. The molecule has 2 N–H and O–H groups in total. The Morgan fingerprint density at radius 2 is 1.31 bits per heavy atom. The number of benzene rings is 3. The van der Waals surface area contributed by atoms with Crippen LogP contribution in [-0.2, 0) is 21.9 Å². The van der Waals surface area contributed by atoms with Crippen LogP contribution in [0.1, 0.15) is 16.7 Å². The summed E-state index contributed by atoms with van der Waals surface area (Å²) in [6, 6.07) is 25.9. The first-order chi connectivity index (χ1) is 14.0. The lowest BCUT2D eigenvalue weighted by atomic mass is 9.91. The Kier molecular flexibility index (Phi) is 4.74. The fraction of sp³-hybridized carbons (Fsp3) is 0.0833. The van der Waals surface area contributed by atoms with Crippen molar-refractivity contribution in [3.05, 3.63) is 113 Å². The lowest BCUT2D eigenvalue weighted by Gasteiger charge is -2.34. The molecule has 1 aliphatic rings. The second-order valence-electron chi connectivity index (χ2n) is 6.83. The van der Waals surface area contributed by atoms with E-state index in [0.717, 1.165) is 10.5 Å². The Morgan fingerprint density at radius 3 is 1.90 bits per heavy atom. The normalized spacial score (nSPS) is 20.8. The maximum atomic E-state index is 12.9. The predicted octanol–water partition coefficient (Wildman–Crippen LogP) is 3.41. The van der Waals surface area contributed by atoms with Gasteiger partial charge >= 0.3 is 0 Å². The zero-order valence-corrected chi connectivity index (χ0v) is 15.5. The van der Waals surface area contributed by atoms with E-state index in [1.54, 1.807) is 60.7 Å². The molecule has 29 heavy (non-hydrogen) atoms. The van der Waals surface area contributed by atoms with Crippen LogP contribution in [0.3, 0.4) is 0 Å². The van der Waals surface area contributed by atoms with Gasteiger partial charge in [-0.2, -0.15) is 0 Å². The van der Waals surface area contributed by atoms with E-state index in [2.05, 4.69) is 0 Å². The number of ketones is 1. The minimum absolute atomic E-state index is 0.0162. The second-order valence-corrected chi connectivity index (χ2v) is 6.83. The first kappa shape index (κ1) is 18.7. The summed E-state index contributed by atoms with van der Waals surface area (Å²) < 4.78 is 0. The number of Topliss-reactive ketones (excluding diaryl/α,β-unsaturated/α-hetero) is 1. The highest BCUT2D eigenvalue weighted by molar-refractivity contribution is 6.47. The number of aliphatic hydroxyl groups excluding tert-OH is 1. The van der Waals surface area contributed by atoms with Crippen molar-refractivity contribution in [2.24, 2.45) is 0 Å². The van der Waals surface area contributed by atoms with E-state index in [-0.39, 0.29) is 12.1 Å². The van der Waals surface area contributed by atoms with Crippen LogP contribution in [0.5, 0.6) is 0 Å². The smallest absolute Gasteiger partial charge is 0.298 e. The van der Waals surface area contributed by atoms with E-state index in [1.165, 1.54) is 0 Å². The zero-order chi connectivity index (χ0) is 20.4. The lowest BCUT2D eigenvalue weighted by Crippen LogP contribution is -2.44. The van der Waals surface area contributed by atoms with Crippen LogP contribution < -0.4 is 0 Å². The molecule has 1 unspecified atom stereocenters. The van der Waals surface area contributed by atoms with Gasteiger partial charge in [0.15, 0.2) is 0 Å². The van der Waals surface area contributed by atoms with Gasteiger partial charge in [0.25, 0.3) is 11.7 Å². The van der Waals surface area contributed by atoms with Crippen LogP contribution in [-0.4, -0.2) is 26.8 Å². The summed E-state index contributed by atoms with van der Waals surface area (Å²) in [6.45, 7) is 0.0162. The minimum Gasteiger partial charge on any atom is -0.507 e. The fourth-order valence-corrected chi connectivity index (χ4v) is 3.61. The van der Waals surface area contributed by atoms with Gasteiger partial charge < -0.3 is 10.2 Å². The third-order valence-corrected chi connectivity index (χ3v) is 5.05. The Hall–Kier alpha value is -3.70. The number of hydrogen-bond acceptors (Lipinski definition) is 4. The standard InChI is InChI=1S/C24H19NO4/c26-21(18-12-6-2-7-13-18)20-22(27)23(28)25(16-17-10-4-1-5-11-17)24(20,29)19-14-8-3-9-15-19/h1-15,26,29H,16H2. The van der Waals surface area contributed by atoms with Crippen LogP contribution >= 0.6 is 0 Å². The fourth-order valence-electron chi connectivity index (χ4n) is 3.61. The summed E-state index contributed by atoms with van der Waals surface area (Å²) in [5.74, 6) is -2.20. The first-order valence-electron chi connectivity index (χ1n) is 9.20. The van der Waals surface area contributed by atoms with Gasteiger partial charge in [0.2, 0.25) is 5.72 Å². The van der Waals surface area contributed by atoms with Crippen molar-refractivity contribution in [1.82, 2.24) is 4.90 Å². The molecule has 1 aliphatic heterocycles. The average Bonchev–Trinajstić information content (AvgIpc) is 2.96. The summed E-state index contributed by atoms with van der Waals surface area (Å²) >= 11 is 0. The van der Waals surface area contributed by atoms with Crippen molar-refractivity contribution in [3.63, 3.8) is 0 Å². The highest BCUT2D eigenvalue weighted by Gasteiger charge is 2.57. The van der Waals surface area contributed by atoms with E-state index in [0.29, 0.717) is 11.1 Å². The zero-order valence-electron chi connectivity index (χ0n) is 15.5. The van der Waals surface area contributed by atoms with E-state index >= 15 is 0 Å². The largest absolute Gasteiger partial charge is 0.507 e. The molecule has 0 bridgehead atoms. The van der Waals surface area contributed by atoms with Crippen molar-refractivity contribution >= 4 is 17.4 Å². The quantitative estimate of drug-likeness (QED) is 0.410. The monoisotopic (exact) mass is 385 g/mol. The molecule has 3 aromatic carbocycles. The minimum atomic E-state index is -2.09. The Morgan fingerprint density at radius 1 is 0.793 bits per heavy atom. The molecule has 1 atom stereocenters. The number of aliphatic hydroxyl groups is 2. The van der Waals surface area contributed by atoms with Gasteiger partial charge in [0, 0.05) is 17.7 Å². The Bertz CT molecular complexity index is 1080. The molecular weight excluding hydrogens is 366 g/mol. The molecule has 1 fully saturated rings. The molecule has 1 amide bonds. The predicted molar refractivity (Wildman–Crippen MR) is 108 cm³/mol. The van der Waals surface area contributed by atoms with Gasteiger partial charge in [-0.3, -0.25) is 14.5 Å². The van der Waals surface area contributed by atoms with E-state index in [1.807, 2.05) is 30.3 Å². The summed E-state index contributed by atoms with van der Waals surface area (Å²) in [5.41, 5.74) is -1.00. The highest BCUT2D eigenvalue weighted by atomic mass is 16.3. The van der Waals surface area contributed by atoms with Gasteiger partial charge in [0.1, 0.15) is 11.3 Å². The van der Waals surface area contributed by atoms with Crippen LogP contribution in [0, 0.1) is 0 Å². The number of carbonyl (C=O) groups excluding carboxylic acids is 2. The summed E-state index contributed by atoms with van der Waals surface area (Å²) in [7, 11) is 0. The molecule has 3 aromatic rings. The molecular formula is C24H19NO4. The number of rotatable bonds is 4. The highest BCUT2D eigenvalue weighted by Crippen LogP contribution is 2.43. The van der Waals surface area contributed by atoms with Crippen LogP contribution in [0.25, 0.3) is 5.76 Å². The molecule has 1 heterocycles. The Balaban J connectivity index is 1.93. The van der Waals surface area contributed by atoms with E-state index in [4.69, 9.17) is 0 Å². The molecule has 0 saturated carbocycles. The van der Waals surface area contributed by atoms with Gasteiger partial charge in [0.05, 0.1) is 0 Å². The number of hydrogen-bond donors (Lipinski definition) is 2. The molecule has 5 heteroatoms. The van der Waals surface area contributed by atoms with E-state index < -0.39 is 23.2 Å². The van der Waals surface area contributed by atoms with Crippen LogP contribution in [0.15, 0.2) is 96.6 Å². The molecule has 0 aliphatic carbocycles. The second kappa shape index (κ2) is 7.37. The van der Waals surface area contributed by atoms with Crippen molar-refractivity contribution in [2.75, 3.05) is 0 Å². The van der Waals surface area contributed by atoms with Crippen LogP contribution in [0.4, 0.5) is 0 Å². The van der Waals surface area contributed by atoms with Crippen molar-refractivity contribution in [3.8, 4) is 0 Å². The van der Waals surface area contributed by atoms with Crippen molar-refractivity contribution in [1.29, 1.82) is 0 Å². The molecule has 144 valence electrons. The molecule has 0 aromatic heterocycles. The molecule has 4 rings (SSSR count). The van der Waals surface area contributed by atoms with Gasteiger partial charge in [-0.1, -0.05) is 91.0 Å². The van der Waals surface area contributed by atoms with Gasteiger partial charge in [-0.05, 0) is 5.56 Å². The maximum Gasteiger partial charge on any atom is 0.298 e. The molecule has 5 nitrogen and oxygen atoms in total. The third-order valence-electron chi connectivity index (χ3n) is 5.05.